The van der Waals surface area contributed by atoms with E-state index < -0.39 is 29.9 Å². The highest BCUT2D eigenvalue weighted by atomic mass is 35.5. The lowest BCUT2D eigenvalue weighted by Gasteiger charge is -2.40. The molecule has 1 aliphatic rings. The summed E-state index contributed by atoms with van der Waals surface area (Å²) in [6.45, 7) is 1.09. The summed E-state index contributed by atoms with van der Waals surface area (Å²) >= 11 is 7.71. The Balaban J connectivity index is 1.65. The number of aliphatic hydroxyl groups excluding tert-OH is 3. The highest BCUT2D eigenvalue weighted by molar-refractivity contribution is 7.99. The minimum Gasteiger partial charge on any atom is -0.494 e. The number of nitrogens with two attached hydrogens (primary N) is 1. The molecule has 0 saturated carbocycles. The Morgan fingerprint density at radius 1 is 1.15 bits per heavy atom. The number of guanidine groups is 1. The number of halogens is 1. The normalized spacial score (nSPS) is 24.9. The second-order valence-corrected chi connectivity index (χ2v) is 9.19. The Kier molecular flexibility index (Phi) is 9.25. The first-order valence-electron chi connectivity index (χ1n) is 10.6. The third kappa shape index (κ3) is 6.75. The Bertz CT molecular complexity index is 931. The number of benzene rings is 2. The lowest BCUT2D eigenvalue weighted by molar-refractivity contribution is -0.200. The second kappa shape index (κ2) is 11.9. The maximum absolute atomic E-state index is 10.5. The number of hydrogen-bond donors (Lipinski definition) is 6. The van der Waals surface area contributed by atoms with Crippen molar-refractivity contribution in [3.8, 4) is 5.75 Å². The van der Waals surface area contributed by atoms with Gasteiger partial charge in [0.15, 0.2) is 5.96 Å². The molecule has 3 rings (SSSR count). The molecule has 180 valence electrons. The standard InChI is InChI=1S/C23H30ClN3O5S/c1-33-22-20(30)18(28)19(29)21(32-22)14-5-8-17(24)15(12-14)11-13-3-6-16(7-4-13)31-10-2-9-27-23(25)26/h3-8,12,18-22,28-30H,2,9-11H2,1H3,(H4,25,26,27)/t18-,19-,20+,21+,22-/m1/s1. The zero-order valence-electron chi connectivity index (χ0n) is 18.3. The monoisotopic (exact) mass is 495 g/mol. The SMILES string of the molecule is CS[C@H]1O[C@@H](c2ccc(Cl)c(Cc3ccc(OCCCNC(=N)N)cc3)c2)[C@H](O)[C@@H](O)[C@@H]1O. The highest BCUT2D eigenvalue weighted by Crippen LogP contribution is 2.37. The smallest absolute Gasteiger partial charge is 0.185 e. The van der Waals surface area contributed by atoms with Gasteiger partial charge in [-0.25, -0.2) is 0 Å². The molecule has 7 N–H and O–H groups in total. The van der Waals surface area contributed by atoms with Gasteiger partial charge in [0.05, 0.1) is 6.61 Å². The molecule has 0 bridgehead atoms. The number of hydrogen-bond acceptors (Lipinski definition) is 7. The number of ether oxygens (including phenoxy) is 2. The van der Waals surface area contributed by atoms with Crippen molar-refractivity contribution >= 4 is 29.3 Å². The van der Waals surface area contributed by atoms with Crippen LogP contribution in [0.25, 0.3) is 0 Å². The van der Waals surface area contributed by atoms with Gasteiger partial charge in [-0.05, 0) is 54.0 Å². The van der Waals surface area contributed by atoms with Crippen LogP contribution in [-0.4, -0.2) is 64.4 Å². The van der Waals surface area contributed by atoms with Crippen LogP contribution in [0.2, 0.25) is 5.02 Å². The van der Waals surface area contributed by atoms with Crippen molar-refractivity contribution in [2.75, 3.05) is 19.4 Å². The van der Waals surface area contributed by atoms with E-state index in [4.69, 9.17) is 32.2 Å². The van der Waals surface area contributed by atoms with Crippen molar-refractivity contribution in [2.45, 2.75) is 42.7 Å². The van der Waals surface area contributed by atoms with E-state index in [2.05, 4.69) is 5.32 Å². The number of aliphatic hydroxyl groups is 3. The molecule has 5 atom stereocenters. The lowest BCUT2D eigenvalue weighted by Crippen LogP contribution is -2.52. The summed E-state index contributed by atoms with van der Waals surface area (Å²) in [5.41, 5.74) is 7.17. The van der Waals surface area contributed by atoms with Crippen LogP contribution in [0, 0.1) is 5.41 Å². The van der Waals surface area contributed by atoms with Crippen LogP contribution >= 0.6 is 23.4 Å². The van der Waals surface area contributed by atoms with Gasteiger partial charge in [0.25, 0.3) is 0 Å². The van der Waals surface area contributed by atoms with Crippen LogP contribution in [-0.2, 0) is 11.2 Å². The van der Waals surface area contributed by atoms with Gasteiger partial charge in [-0.3, -0.25) is 5.41 Å². The highest BCUT2D eigenvalue weighted by Gasteiger charge is 2.44. The van der Waals surface area contributed by atoms with E-state index in [1.165, 1.54) is 11.8 Å². The molecule has 1 heterocycles. The van der Waals surface area contributed by atoms with Gasteiger partial charge >= 0.3 is 0 Å². The molecule has 10 heteroatoms. The number of rotatable bonds is 9. The fraction of sp³-hybridized carbons (Fsp3) is 0.435. The van der Waals surface area contributed by atoms with E-state index in [1.54, 1.807) is 18.4 Å². The van der Waals surface area contributed by atoms with Gasteiger partial charge in [0.1, 0.15) is 35.6 Å². The number of thioether (sulfide) groups is 1. The van der Waals surface area contributed by atoms with E-state index in [-0.39, 0.29) is 5.96 Å². The van der Waals surface area contributed by atoms with Crippen LogP contribution in [0.15, 0.2) is 42.5 Å². The van der Waals surface area contributed by atoms with E-state index in [9.17, 15) is 15.3 Å². The van der Waals surface area contributed by atoms with Gasteiger partial charge in [-0.15, -0.1) is 11.8 Å². The lowest BCUT2D eigenvalue weighted by atomic mass is 9.92. The Labute approximate surface area is 202 Å². The van der Waals surface area contributed by atoms with Gasteiger partial charge in [0.2, 0.25) is 0 Å². The fourth-order valence-electron chi connectivity index (χ4n) is 3.63. The van der Waals surface area contributed by atoms with Crippen molar-refractivity contribution in [3.05, 3.63) is 64.2 Å². The van der Waals surface area contributed by atoms with Crippen molar-refractivity contribution in [1.29, 1.82) is 5.41 Å². The first-order chi connectivity index (χ1) is 15.8. The van der Waals surface area contributed by atoms with Crippen molar-refractivity contribution < 1.29 is 24.8 Å². The molecule has 33 heavy (non-hydrogen) atoms. The Morgan fingerprint density at radius 2 is 1.88 bits per heavy atom. The maximum atomic E-state index is 10.5. The molecule has 2 aromatic rings. The summed E-state index contributed by atoms with van der Waals surface area (Å²) < 4.78 is 11.6. The second-order valence-electron chi connectivity index (χ2n) is 7.85. The third-order valence-electron chi connectivity index (χ3n) is 5.42. The molecule has 1 aliphatic heterocycles. The number of nitrogens with one attached hydrogen (secondary N) is 2. The summed E-state index contributed by atoms with van der Waals surface area (Å²) in [7, 11) is 0. The van der Waals surface area contributed by atoms with E-state index in [0.717, 1.165) is 23.3 Å². The zero-order valence-corrected chi connectivity index (χ0v) is 19.9. The van der Waals surface area contributed by atoms with Crippen LogP contribution in [0.5, 0.6) is 5.75 Å². The first kappa shape index (κ1) is 25.6. The summed E-state index contributed by atoms with van der Waals surface area (Å²) in [6, 6.07) is 13.1. The predicted octanol–water partition coefficient (Wildman–Crippen LogP) is 2.03. The van der Waals surface area contributed by atoms with Crippen molar-refractivity contribution in [1.82, 2.24) is 5.32 Å². The molecule has 0 unspecified atom stereocenters. The van der Waals surface area contributed by atoms with Crippen LogP contribution in [0.3, 0.4) is 0 Å². The topological polar surface area (TPSA) is 141 Å². The Morgan fingerprint density at radius 3 is 2.55 bits per heavy atom. The van der Waals surface area contributed by atoms with Crippen LogP contribution in [0.4, 0.5) is 0 Å². The van der Waals surface area contributed by atoms with E-state index in [1.807, 2.05) is 30.3 Å². The molecule has 0 aromatic heterocycles. The van der Waals surface area contributed by atoms with E-state index in [0.29, 0.717) is 30.2 Å². The van der Waals surface area contributed by atoms with E-state index >= 15 is 0 Å². The van der Waals surface area contributed by atoms with Crippen LogP contribution < -0.4 is 15.8 Å². The molecule has 0 spiro atoms. The maximum Gasteiger partial charge on any atom is 0.185 e. The summed E-state index contributed by atoms with van der Waals surface area (Å²) in [5.74, 6) is 0.695. The molecular weight excluding hydrogens is 466 g/mol. The molecule has 2 aromatic carbocycles. The molecule has 1 saturated heterocycles. The third-order valence-corrected chi connectivity index (χ3v) is 6.65. The molecule has 0 radical (unpaired) electrons. The Hall–Kier alpha value is -2.01. The van der Waals surface area contributed by atoms with Gasteiger partial charge < -0.3 is 35.8 Å². The molecule has 0 aliphatic carbocycles. The minimum atomic E-state index is -1.30. The summed E-state index contributed by atoms with van der Waals surface area (Å²) in [4.78, 5) is 0. The zero-order chi connectivity index (χ0) is 24.0. The largest absolute Gasteiger partial charge is 0.494 e. The quantitative estimate of drug-likeness (QED) is 0.176. The van der Waals surface area contributed by atoms with Crippen LogP contribution in [0.1, 0.15) is 29.2 Å². The molecular formula is C23H30ClN3O5S. The predicted molar refractivity (Wildman–Crippen MR) is 130 cm³/mol. The average Bonchev–Trinajstić information content (AvgIpc) is 2.80. The van der Waals surface area contributed by atoms with Gasteiger partial charge in [-0.1, -0.05) is 35.9 Å². The van der Waals surface area contributed by atoms with Gasteiger partial charge in [0, 0.05) is 11.6 Å². The average molecular weight is 496 g/mol. The van der Waals surface area contributed by atoms with Crippen molar-refractivity contribution in [2.24, 2.45) is 5.73 Å². The minimum absolute atomic E-state index is 0.0514. The molecule has 8 nitrogen and oxygen atoms in total. The summed E-state index contributed by atoms with van der Waals surface area (Å²) in [6.07, 6.45) is -1.42. The summed E-state index contributed by atoms with van der Waals surface area (Å²) in [5, 5.41) is 41.2. The molecule has 0 amide bonds. The first-order valence-corrected chi connectivity index (χ1v) is 12.3. The fourth-order valence-corrected chi connectivity index (χ4v) is 4.49. The van der Waals surface area contributed by atoms with Crippen molar-refractivity contribution in [3.63, 3.8) is 0 Å². The van der Waals surface area contributed by atoms with Gasteiger partial charge in [-0.2, -0.15) is 0 Å². The molecule has 1 fully saturated rings.